The zero-order valence-corrected chi connectivity index (χ0v) is 27.7. The number of benzene rings is 1. The molecular weight excluding hydrogens is 590 g/mol. The summed E-state index contributed by atoms with van der Waals surface area (Å²) in [5.41, 5.74) is 1.30. The summed E-state index contributed by atoms with van der Waals surface area (Å²) in [6.07, 6.45) is -0.416. The molecule has 45 heavy (non-hydrogen) atoms. The first-order valence-electron chi connectivity index (χ1n) is 15.5. The minimum absolute atomic E-state index is 0.0124. The molecule has 1 aromatic heterocycles. The van der Waals surface area contributed by atoms with Gasteiger partial charge < -0.3 is 19.3 Å². The third-order valence-corrected chi connectivity index (χ3v) is 9.80. The molecule has 1 aromatic carbocycles. The molecule has 0 unspecified atom stereocenters. The predicted molar refractivity (Wildman–Crippen MR) is 171 cm³/mol. The Kier molecular flexibility index (Phi) is 7.58. The summed E-state index contributed by atoms with van der Waals surface area (Å²) in [7, 11) is 0. The average molecular weight is 630 g/mol. The smallest absolute Gasteiger partial charge is 0.410 e. The number of carbonyl (C=O) groups excluding carboxylic acids is 2. The molecule has 3 fully saturated rings. The third-order valence-electron chi connectivity index (χ3n) is 9.50. The first kappa shape index (κ1) is 31.2. The molecule has 1 aliphatic carbocycles. The summed E-state index contributed by atoms with van der Waals surface area (Å²) in [6.45, 7) is 25.0. The fourth-order valence-electron chi connectivity index (χ4n) is 7.73. The number of rotatable bonds is 4. The highest BCUT2D eigenvalue weighted by Gasteiger charge is 2.67. The number of hydrogen-bond acceptors (Lipinski definition) is 6. The van der Waals surface area contributed by atoms with E-state index in [1.165, 1.54) is 0 Å². The first-order chi connectivity index (χ1) is 21.1. The van der Waals surface area contributed by atoms with Crippen LogP contribution in [0.5, 0.6) is 5.75 Å². The molecule has 236 valence electrons. The van der Waals surface area contributed by atoms with E-state index in [9.17, 15) is 9.59 Å². The average Bonchev–Trinajstić information content (AvgIpc) is 3.20. The maximum atomic E-state index is 13.6. The van der Waals surface area contributed by atoms with Gasteiger partial charge in [0.15, 0.2) is 0 Å². The van der Waals surface area contributed by atoms with Crippen LogP contribution in [0.2, 0.25) is 5.02 Å². The van der Waals surface area contributed by atoms with Crippen LogP contribution in [-0.4, -0.2) is 81.7 Å². The topological polar surface area (TPSA) is 79.6 Å². The molecule has 0 spiro atoms. The maximum Gasteiger partial charge on any atom is 0.410 e. The van der Waals surface area contributed by atoms with Gasteiger partial charge >= 0.3 is 6.09 Å². The number of amides is 2. The van der Waals surface area contributed by atoms with Crippen molar-refractivity contribution in [2.24, 2.45) is 16.7 Å². The lowest BCUT2D eigenvalue weighted by Gasteiger charge is -2.65. The third kappa shape index (κ3) is 5.62. The summed E-state index contributed by atoms with van der Waals surface area (Å²) < 4.78 is 11.9. The lowest BCUT2D eigenvalue weighted by molar-refractivity contribution is -0.199. The van der Waals surface area contributed by atoms with Crippen LogP contribution < -0.4 is 4.74 Å². The first-order valence-corrected chi connectivity index (χ1v) is 15.8. The maximum absolute atomic E-state index is 13.6. The fourth-order valence-corrected chi connectivity index (χ4v) is 7.94. The second-order valence-electron chi connectivity index (χ2n) is 14.9. The van der Waals surface area contributed by atoms with Crippen LogP contribution in [0.3, 0.4) is 0 Å². The molecule has 4 aliphatic rings. The van der Waals surface area contributed by atoms with Gasteiger partial charge in [-0.15, -0.1) is 0 Å². The number of fused-ring (bicyclic) bond motifs is 1. The minimum atomic E-state index is -0.483. The van der Waals surface area contributed by atoms with Gasteiger partial charge in [-0.25, -0.2) is 14.6 Å². The van der Waals surface area contributed by atoms with E-state index in [-0.39, 0.29) is 40.9 Å². The van der Waals surface area contributed by atoms with Gasteiger partial charge in [0.05, 0.1) is 29.4 Å². The monoisotopic (exact) mass is 629 g/mol. The number of ether oxygens (including phenoxy) is 2. The fraction of sp³-hybridized carbons (Fsp3) is 0.543. The molecule has 1 saturated carbocycles. The number of nitrogens with zero attached hydrogens (tertiary/aromatic N) is 5. The number of aromatic nitrogens is 1. The van der Waals surface area contributed by atoms with Crippen LogP contribution in [0.15, 0.2) is 30.3 Å². The van der Waals surface area contributed by atoms with Gasteiger partial charge in [0.25, 0.3) is 5.91 Å². The van der Waals surface area contributed by atoms with E-state index in [0.29, 0.717) is 53.4 Å². The molecule has 9 nitrogen and oxygen atoms in total. The number of halogens is 1. The molecule has 4 heterocycles. The summed E-state index contributed by atoms with van der Waals surface area (Å²) in [4.78, 5) is 40.1. The van der Waals surface area contributed by atoms with Gasteiger partial charge in [-0.1, -0.05) is 51.3 Å². The Morgan fingerprint density at radius 1 is 1.09 bits per heavy atom. The van der Waals surface area contributed by atoms with Crippen LogP contribution in [0.4, 0.5) is 10.5 Å². The van der Waals surface area contributed by atoms with E-state index in [2.05, 4.69) is 49.3 Å². The lowest BCUT2D eigenvalue weighted by Crippen LogP contribution is -2.74. The van der Waals surface area contributed by atoms with E-state index in [1.54, 1.807) is 23.1 Å². The number of carbonyl (C=O) groups is 2. The van der Waals surface area contributed by atoms with Crippen molar-refractivity contribution in [1.29, 1.82) is 0 Å². The Morgan fingerprint density at radius 3 is 2.40 bits per heavy atom. The molecule has 6 rings (SSSR count). The van der Waals surface area contributed by atoms with Crippen LogP contribution in [0.1, 0.15) is 70.2 Å². The largest absolute Gasteiger partial charge is 0.489 e. The quantitative estimate of drug-likeness (QED) is 0.304. The van der Waals surface area contributed by atoms with Gasteiger partial charge in [-0.05, 0) is 51.0 Å². The summed E-state index contributed by atoms with van der Waals surface area (Å²) in [5.74, 6) is 7.46. The molecule has 2 aromatic rings. The molecule has 2 amide bonds. The SMILES string of the molecule is [C-]#[N+]c1ccc(OC2C(C)(C)C(N3Cc4nc(C#CC5CN(C6CN(C(=O)OC(C)(C)C)C6)C5)ccc4C3=O)C2(C)C)cc1Cl. The van der Waals surface area contributed by atoms with Crippen molar-refractivity contribution in [2.45, 2.75) is 78.8 Å². The van der Waals surface area contributed by atoms with Crippen molar-refractivity contribution >= 4 is 29.3 Å². The van der Waals surface area contributed by atoms with Gasteiger partial charge in [0.2, 0.25) is 5.69 Å². The summed E-state index contributed by atoms with van der Waals surface area (Å²) in [5, 5.41) is 0.365. The Morgan fingerprint density at radius 2 is 1.78 bits per heavy atom. The van der Waals surface area contributed by atoms with Gasteiger partial charge in [-0.3, -0.25) is 9.69 Å². The highest BCUT2D eigenvalue weighted by Crippen LogP contribution is 2.59. The molecule has 0 atom stereocenters. The van der Waals surface area contributed by atoms with Crippen molar-refractivity contribution in [3.05, 3.63) is 63.7 Å². The number of hydrogen-bond donors (Lipinski definition) is 0. The molecule has 0 radical (unpaired) electrons. The molecule has 0 N–H and O–H groups in total. The Balaban J connectivity index is 1.05. The molecule has 3 aliphatic heterocycles. The van der Waals surface area contributed by atoms with E-state index in [4.69, 9.17) is 32.6 Å². The zero-order valence-electron chi connectivity index (χ0n) is 27.0. The van der Waals surface area contributed by atoms with E-state index in [0.717, 1.165) is 18.8 Å². The van der Waals surface area contributed by atoms with Crippen LogP contribution >= 0.6 is 11.6 Å². The summed E-state index contributed by atoms with van der Waals surface area (Å²) in [6, 6.07) is 9.12. The molecule has 0 bridgehead atoms. The van der Waals surface area contributed by atoms with Crippen LogP contribution in [0, 0.1) is 35.2 Å². The van der Waals surface area contributed by atoms with Crippen molar-refractivity contribution in [1.82, 2.24) is 19.7 Å². The zero-order chi connectivity index (χ0) is 32.5. The second-order valence-corrected chi connectivity index (χ2v) is 15.3. The number of likely N-dealkylation sites (tertiary alicyclic amines) is 2. The van der Waals surface area contributed by atoms with Crippen molar-refractivity contribution in [3.63, 3.8) is 0 Å². The van der Waals surface area contributed by atoms with Crippen LogP contribution in [0.25, 0.3) is 4.85 Å². The molecule has 2 saturated heterocycles. The van der Waals surface area contributed by atoms with Crippen LogP contribution in [-0.2, 0) is 11.3 Å². The van der Waals surface area contributed by atoms with E-state index >= 15 is 0 Å². The molecular formula is C35H40ClN5O4. The van der Waals surface area contributed by atoms with E-state index in [1.807, 2.05) is 37.8 Å². The van der Waals surface area contributed by atoms with Gasteiger partial charge in [-0.2, -0.15) is 0 Å². The Bertz CT molecular complexity index is 1630. The highest BCUT2D eigenvalue weighted by molar-refractivity contribution is 6.33. The second kappa shape index (κ2) is 10.9. The predicted octanol–water partition coefficient (Wildman–Crippen LogP) is 6.03. The highest BCUT2D eigenvalue weighted by atomic mass is 35.5. The van der Waals surface area contributed by atoms with Crippen molar-refractivity contribution in [2.75, 3.05) is 26.2 Å². The minimum Gasteiger partial charge on any atom is -0.489 e. The van der Waals surface area contributed by atoms with Gasteiger partial charge in [0.1, 0.15) is 23.1 Å². The van der Waals surface area contributed by atoms with E-state index < -0.39 is 5.60 Å². The Hall–Kier alpha value is -3.79. The van der Waals surface area contributed by atoms with Crippen molar-refractivity contribution in [3.8, 4) is 17.6 Å². The standard InChI is InChI=1S/C35H40ClN5O4/c1-33(2,3)45-32(43)40-18-23(19-40)39-16-21(17-39)9-10-22-11-13-25-28(38-22)20-41(29(25)42)30-34(4,5)31(35(30,6)7)44-24-12-14-27(37-8)26(36)15-24/h11-15,21,23,30-31H,16-20H2,1-7H3. The van der Waals surface area contributed by atoms with Gasteiger partial charge in [0, 0.05) is 55.0 Å². The lowest BCUT2D eigenvalue weighted by atomic mass is 9.49. The number of pyridine rings is 1. The molecule has 10 heteroatoms. The normalized spacial score (nSPS) is 23.9. The Labute approximate surface area is 270 Å². The van der Waals surface area contributed by atoms with Crippen molar-refractivity contribution < 1.29 is 19.1 Å². The summed E-state index contributed by atoms with van der Waals surface area (Å²) >= 11 is 6.26.